The normalized spacial score (nSPS) is 12.9. The van der Waals surface area contributed by atoms with Crippen LogP contribution in [0, 0.1) is 5.41 Å². The third-order valence-corrected chi connectivity index (χ3v) is 4.23. The van der Waals surface area contributed by atoms with Crippen molar-refractivity contribution in [3.05, 3.63) is 35.0 Å². The number of para-hydroxylation sites is 1. The SMILES string of the molecule is C/C(Nc1ccccc1P(C)(C)=O)=C(/Cl)C=N. The molecule has 1 rings (SSSR count). The maximum Gasteiger partial charge on any atom is 0.111 e. The minimum Gasteiger partial charge on any atom is -0.357 e. The first-order valence-electron chi connectivity index (χ1n) is 5.14. The molecule has 1 aromatic rings. The maximum absolute atomic E-state index is 12.1. The first-order chi connectivity index (χ1) is 7.86. The highest BCUT2D eigenvalue weighted by Gasteiger charge is 2.15. The Balaban J connectivity index is 3.17. The second kappa shape index (κ2) is 5.52. The molecular formula is C12H16ClN2OP. The van der Waals surface area contributed by atoms with E-state index < -0.39 is 7.14 Å². The molecule has 0 aliphatic carbocycles. The second-order valence-corrected chi connectivity index (χ2v) is 7.70. The highest BCUT2D eigenvalue weighted by Crippen LogP contribution is 2.37. The zero-order valence-corrected chi connectivity index (χ0v) is 11.8. The quantitative estimate of drug-likeness (QED) is 0.650. The van der Waals surface area contributed by atoms with Gasteiger partial charge in [0, 0.05) is 22.9 Å². The third kappa shape index (κ3) is 3.72. The molecule has 92 valence electrons. The third-order valence-electron chi connectivity index (χ3n) is 2.29. The average Bonchev–Trinajstić information content (AvgIpc) is 2.27. The van der Waals surface area contributed by atoms with E-state index in [2.05, 4.69) is 5.32 Å². The summed E-state index contributed by atoms with van der Waals surface area (Å²) in [5.41, 5.74) is 1.45. The van der Waals surface area contributed by atoms with E-state index in [1.54, 1.807) is 20.3 Å². The van der Waals surface area contributed by atoms with E-state index >= 15 is 0 Å². The number of benzene rings is 1. The lowest BCUT2D eigenvalue weighted by Crippen LogP contribution is -2.11. The summed E-state index contributed by atoms with van der Waals surface area (Å²) in [6.07, 6.45) is 1.07. The first-order valence-corrected chi connectivity index (χ1v) is 8.12. The van der Waals surface area contributed by atoms with Gasteiger partial charge < -0.3 is 15.3 Å². The van der Waals surface area contributed by atoms with Gasteiger partial charge in [0.1, 0.15) is 7.14 Å². The van der Waals surface area contributed by atoms with E-state index in [9.17, 15) is 4.57 Å². The van der Waals surface area contributed by atoms with E-state index in [1.807, 2.05) is 24.3 Å². The summed E-state index contributed by atoms with van der Waals surface area (Å²) in [6.45, 7) is 5.23. The van der Waals surface area contributed by atoms with E-state index in [-0.39, 0.29) is 0 Å². The summed E-state index contributed by atoms with van der Waals surface area (Å²) in [5, 5.41) is 11.3. The molecule has 17 heavy (non-hydrogen) atoms. The summed E-state index contributed by atoms with van der Waals surface area (Å²) in [5.74, 6) is 0. The molecule has 5 heteroatoms. The molecule has 3 nitrogen and oxygen atoms in total. The van der Waals surface area contributed by atoms with Crippen molar-refractivity contribution in [2.24, 2.45) is 0 Å². The Kier molecular flexibility index (Phi) is 4.55. The van der Waals surface area contributed by atoms with Gasteiger partial charge >= 0.3 is 0 Å². The molecule has 0 heterocycles. The molecule has 1 aromatic carbocycles. The molecule has 0 saturated heterocycles. The Hall–Kier alpha value is -1.05. The van der Waals surface area contributed by atoms with Crippen LogP contribution in [-0.2, 0) is 4.57 Å². The summed E-state index contributed by atoms with van der Waals surface area (Å²) in [7, 11) is -2.34. The molecular weight excluding hydrogens is 255 g/mol. The van der Waals surface area contributed by atoms with Gasteiger partial charge in [-0.3, -0.25) is 0 Å². The van der Waals surface area contributed by atoms with Crippen LogP contribution in [0.15, 0.2) is 35.0 Å². The maximum atomic E-state index is 12.1. The van der Waals surface area contributed by atoms with Crippen LogP contribution in [0.1, 0.15) is 6.92 Å². The minimum atomic E-state index is -2.34. The van der Waals surface area contributed by atoms with Crippen molar-refractivity contribution in [3.8, 4) is 0 Å². The summed E-state index contributed by atoms with van der Waals surface area (Å²) in [4.78, 5) is 0. The van der Waals surface area contributed by atoms with Crippen LogP contribution in [0.3, 0.4) is 0 Å². The van der Waals surface area contributed by atoms with Crippen LogP contribution < -0.4 is 10.6 Å². The van der Waals surface area contributed by atoms with E-state index in [0.29, 0.717) is 10.7 Å². The van der Waals surface area contributed by atoms with Gasteiger partial charge in [0.2, 0.25) is 0 Å². The lowest BCUT2D eigenvalue weighted by Gasteiger charge is -2.15. The van der Waals surface area contributed by atoms with Gasteiger partial charge in [-0.2, -0.15) is 0 Å². The van der Waals surface area contributed by atoms with Crippen LogP contribution in [-0.4, -0.2) is 19.5 Å². The molecule has 0 atom stereocenters. The number of hydrogen-bond donors (Lipinski definition) is 2. The fraction of sp³-hybridized carbons (Fsp3) is 0.250. The number of anilines is 1. The molecule has 0 aliphatic heterocycles. The van der Waals surface area contributed by atoms with Crippen LogP contribution in [0.5, 0.6) is 0 Å². The number of hydrogen-bond acceptors (Lipinski definition) is 3. The Bertz CT molecular complexity index is 505. The summed E-state index contributed by atoms with van der Waals surface area (Å²) in [6, 6.07) is 7.42. The largest absolute Gasteiger partial charge is 0.357 e. The Morgan fingerprint density at radius 3 is 2.53 bits per heavy atom. The van der Waals surface area contributed by atoms with Crippen molar-refractivity contribution in [2.45, 2.75) is 6.92 Å². The number of halogens is 1. The summed E-state index contributed by atoms with van der Waals surface area (Å²) < 4.78 is 12.1. The van der Waals surface area contributed by atoms with E-state index in [1.165, 1.54) is 0 Å². The van der Waals surface area contributed by atoms with Gasteiger partial charge in [-0.1, -0.05) is 23.7 Å². The predicted molar refractivity (Wildman–Crippen MR) is 76.5 cm³/mol. The molecule has 0 saturated carbocycles. The molecule has 0 spiro atoms. The number of nitrogens with one attached hydrogen (secondary N) is 2. The Morgan fingerprint density at radius 1 is 1.41 bits per heavy atom. The first kappa shape index (κ1) is 14.0. The van der Waals surface area contributed by atoms with Crippen molar-refractivity contribution in [1.29, 1.82) is 5.41 Å². The Labute approximate surface area is 107 Å². The fourth-order valence-corrected chi connectivity index (χ4v) is 2.62. The van der Waals surface area contributed by atoms with Gasteiger partial charge in [0.05, 0.1) is 5.03 Å². The fourth-order valence-electron chi connectivity index (χ4n) is 1.42. The molecule has 0 bridgehead atoms. The summed E-state index contributed by atoms with van der Waals surface area (Å²) >= 11 is 5.84. The topological polar surface area (TPSA) is 53.0 Å². The van der Waals surface area contributed by atoms with Gasteiger partial charge in [-0.05, 0) is 32.4 Å². The van der Waals surface area contributed by atoms with E-state index in [0.717, 1.165) is 17.2 Å². The smallest absolute Gasteiger partial charge is 0.111 e. The standard InChI is InChI=1S/C12H16ClN2OP/c1-9(10(13)8-14)15-11-6-4-5-7-12(11)17(2,3)16/h4-8,14-15H,1-3H3/b10-9-,14-8?. The van der Waals surface area contributed by atoms with Crippen molar-refractivity contribution in [3.63, 3.8) is 0 Å². The predicted octanol–water partition coefficient (Wildman–Crippen LogP) is 3.47. The molecule has 2 N–H and O–H groups in total. The highest BCUT2D eigenvalue weighted by molar-refractivity contribution is 7.70. The van der Waals surface area contributed by atoms with Gasteiger partial charge in [-0.25, -0.2) is 0 Å². The average molecular weight is 271 g/mol. The van der Waals surface area contributed by atoms with Crippen molar-refractivity contribution < 1.29 is 4.57 Å². The van der Waals surface area contributed by atoms with Crippen LogP contribution >= 0.6 is 18.7 Å². The molecule has 0 aliphatic rings. The molecule has 0 fully saturated rings. The zero-order chi connectivity index (χ0) is 13.1. The van der Waals surface area contributed by atoms with Gasteiger partial charge in [-0.15, -0.1) is 0 Å². The Morgan fingerprint density at radius 2 is 2.00 bits per heavy atom. The van der Waals surface area contributed by atoms with Crippen molar-refractivity contribution >= 4 is 35.9 Å². The number of allylic oxidation sites excluding steroid dienone is 2. The lowest BCUT2D eigenvalue weighted by atomic mass is 10.3. The zero-order valence-electron chi connectivity index (χ0n) is 10.1. The molecule has 0 unspecified atom stereocenters. The van der Waals surface area contributed by atoms with Crippen molar-refractivity contribution in [1.82, 2.24) is 0 Å². The molecule has 0 radical (unpaired) electrons. The highest BCUT2D eigenvalue weighted by atomic mass is 35.5. The van der Waals surface area contributed by atoms with Crippen molar-refractivity contribution in [2.75, 3.05) is 18.6 Å². The lowest BCUT2D eigenvalue weighted by molar-refractivity contribution is 0.588. The second-order valence-electron chi connectivity index (χ2n) is 4.11. The molecule has 0 aromatic heterocycles. The van der Waals surface area contributed by atoms with Gasteiger partial charge in [0.15, 0.2) is 0 Å². The van der Waals surface area contributed by atoms with E-state index in [4.69, 9.17) is 17.0 Å². The number of rotatable bonds is 4. The minimum absolute atomic E-state index is 0.335. The monoisotopic (exact) mass is 270 g/mol. The van der Waals surface area contributed by atoms with Gasteiger partial charge in [0.25, 0.3) is 0 Å². The molecule has 0 amide bonds. The van der Waals surface area contributed by atoms with Crippen LogP contribution in [0.2, 0.25) is 0 Å². The van der Waals surface area contributed by atoms with Crippen LogP contribution in [0.25, 0.3) is 0 Å². The van der Waals surface area contributed by atoms with Crippen LogP contribution in [0.4, 0.5) is 5.69 Å².